The first-order valence-electron chi connectivity index (χ1n) is 6.31. The largest absolute Gasteiger partial charge is 0.384 e. The first-order valence-corrected chi connectivity index (χ1v) is 6.31. The Bertz CT molecular complexity index is 412. The molecule has 4 heteroatoms. The molecule has 0 saturated carbocycles. The standard InChI is InChI=1S/C14H20N2O2/c1-16(2)14(17)12-5-3-4-6-13(12)15-9-11-7-8-18-10-11/h3-6,11,15H,7-10H2,1-2H3. The van der Waals surface area contributed by atoms with Crippen LogP contribution < -0.4 is 5.32 Å². The number of nitrogens with zero attached hydrogens (tertiary/aromatic N) is 1. The molecule has 1 aromatic rings. The number of ether oxygens (including phenoxy) is 1. The van der Waals surface area contributed by atoms with Gasteiger partial charge in [-0.15, -0.1) is 0 Å². The molecule has 0 aromatic heterocycles. The van der Waals surface area contributed by atoms with E-state index in [9.17, 15) is 4.79 Å². The van der Waals surface area contributed by atoms with Gasteiger partial charge in [0.15, 0.2) is 0 Å². The van der Waals surface area contributed by atoms with Gasteiger partial charge in [0, 0.05) is 38.9 Å². The van der Waals surface area contributed by atoms with Gasteiger partial charge < -0.3 is 15.0 Å². The SMILES string of the molecule is CN(C)C(=O)c1ccccc1NCC1CCOC1. The fourth-order valence-corrected chi connectivity index (χ4v) is 2.06. The maximum Gasteiger partial charge on any atom is 0.255 e. The summed E-state index contributed by atoms with van der Waals surface area (Å²) in [4.78, 5) is 13.6. The predicted molar refractivity (Wildman–Crippen MR) is 71.9 cm³/mol. The average Bonchev–Trinajstić information content (AvgIpc) is 2.89. The predicted octanol–water partition coefficient (Wildman–Crippen LogP) is 1.84. The molecule has 1 amide bonds. The number of rotatable bonds is 4. The molecule has 1 heterocycles. The van der Waals surface area contributed by atoms with Gasteiger partial charge in [0.1, 0.15) is 0 Å². The molecule has 4 nitrogen and oxygen atoms in total. The van der Waals surface area contributed by atoms with Crippen LogP contribution in [0, 0.1) is 5.92 Å². The molecule has 1 aliphatic heterocycles. The van der Waals surface area contributed by atoms with E-state index in [0.717, 1.165) is 37.4 Å². The van der Waals surface area contributed by atoms with Crippen LogP contribution >= 0.6 is 0 Å². The molecule has 1 fully saturated rings. The number of para-hydroxylation sites is 1. The number of hydrogen-bond acceptors (Lipinski definition) is 3. The van der Waals surface area contributed by atoms with Gasteiger partial charge in [0.05, 0.1) is 12.2 Å². The second kappa shape index (κ2) is 5.87. The quantitative estimate of drug-likeness (QED) is 0.884. The monoisotopic (exact) mass is 248 g/mol. The lowest BCUT2D eigenvalue weighted by Crippen LogP contribution is -2.24. The summed E-state index contributed by atoms with van der Waals surface area (Å²) >= 11 is 0. The van der Waals surface area contributed by atoms with Crippen molar-refractivity contribution in [2.45, 2.75) is 6.42 Å². The Kier molecular flexibility index (Phi) is 4.20. The molecule has 1 saturated heterocycles. The van der Waals surface area contributed by atoms with Gasteiger partial charge >= 0.3 is 0 Å². The number of hydrogen-bond donors (Lipinski definition) is 1. The number of nitrogens with one attached hydrogen (secondary N) is 1. The van der Waals surface area contributed by atoms with Crippen molar-refractivity contribution in [3.8, 4) is 0 Å². The van der Waals surface area contributed by atoms with Crippen LogP contribution in [0.4, 0.5) is 5.69 Å². The lowest BCUT2D eigenvalue weighted by Gasteiger charge is -2.16. The highest BCUT2D eigenvalue weighted by Crippen LogP contribution is 2.19. The van der Waals surface area contributed by atoms with E-state index < -0.39 is 0 Å². The summed E-state index contributed by atoms with van der Waals surface area (Å²) in [6.45, 7) is 2.53. The van der Waals surface area contributed by atoms with Gasteiger partial charge in [0.25, 0.3) is 5.91 Å². The number of carbonyl (C=O) groups is 1. The minimum Gasteiger partial charge on any atom is -0.384 e. The molecule has 1 N–H and O–H groups in total. The number of carbonyl (C=O) groups excluding carboxylic acids is 1. The van der Waals surface area contributed by atoms with Crippen molar-refractivity contribution in [1.29, 1.82) is 0 Å². The van der Waals surface area contributed by atoms with E-state index in [0.29, 0.717) is 5.92 Å². The van der Waals surface area contributed by atoms with Crippen LogP contribution in [0.25, 0.3) is 0 Å². The molecule has 1 unspecified atom stereocenters. The molecule has 0 bridgehead atoms. The number of amides is 1. The highest BCUT2D eigenvalue weighted by molar-refractivity contribution is 5.99. The molecular formula is C14H20N2O2. The zero-order chi connectivity index (χ0) is 13.0. The van der Waals surface area contributed by atoms with Gasteiger partial charge in [-0.3, -0.25) is 4.79 Å². The summed E-state index contributed by atoms with van der Waals surface area (Å²) in [5, 5.41) is 3.36. The topological polar surface area (TPSA) is 41.6 Å². The molecule has 1 atom stereocenters. The van der Waals surface area contributed by atoms with E-state index in [1.165, 1.54) is 0 Å². The zero-order valence-corrected chi connectivity index (χ0v) is 11.0. The molecular weight excluding hydrogens is 228 g/mol. The molecule has 0 radical (unpaired) electrons. The van der Waals surface area contributed by atoms with E-state index in [4.69, 9.17) is 4.74 Å². The minimum atomic E-state index is 0.0285. The Balaban J connectivity index is 2.04. The van der Waals surface area contributed by atoms with Gasteiger partial charge in [-0.05, 0) is 18.6 Å². The Morgan fingerprint density at radius 2 is 2.22 bits per heavy atom. The van der Waals surface area contributed by atoms with Gasteiger partial charge in [-0.1, -0.05) is 12.1 Å². The second-order valence-corrected chi connectivity index (χ2v) is 4.86. The number of benzene rings is 1. The van der Waals surface area contributed by atoms with Crippen molar-refractivity contribution in [2.24, 2.45) is 5.92 Å². The lowest BCUT2D eigenvalue weighted by molar-refractivity contribution is 0.0828. The van der Waals surface area contributed by atoms with E-state index in [1.54, 1.807) is 19.0 Å². The summed E-state index contributed by atoms with van der Waals surface area (Å²) in [6, 6.07) is 7.64. The molecule has 0 aliphatic carbocycles. The smallest absolute Gasteiger partial charge is 0.255 e. The lowest BCUT2D eigenvalue weighted by atomic mass is 10.1. The van der Waals surface area contributed by atoms with Crippen molar-refractivity contribution < 1.29 is 9.53 Å². The van der Waals surface area contributed by atoms with Crippen LogP contribution in [0.2, 0.25) is 0 Å². The van der Waals surface area contributed by atoms with Crippen molar-refractivity contribution in [1.82, 2.24) is 4.90 Å². The molecule has 98 valence electrons. The third-order valence-corrected chi connectivity index (χ3v) is 3.17. The highest BCUT2D eigenvalue weighted by Gasteiger charge is 2.17. The Hall–Kier alpha value is -1.55. The molecule has 1 aromatic carbocycles. The number of anilines is 1. The fraction of sp³-hybridized carbons (Fsp3) is 0.500. The van der Waals surface area contributed by atoms with Gasteiger partial charge in [-0.25, -0.2) is 0 Å². The molecule has 2 rings (SSSR count). The Labute approximate surface area is 108 Å². The minimum absolute atomic E-state index is 0.0285. The third kappa shape index (κ3) is 3.01. The molecule has 1 aliphatic rings. The van der Waals surface area contributed by atoms with Crippen molar-refractivity contribution >= 4 is 11.6 Å². The Morgan fingerprint density at radius 3 is 2.89 bits per heavy atom. The van der Waals surface area contributed by atoms with Crippen LogP contribution in [-0.2, 0) is 4.74 Å². The average molecular weight is 248 g/mol. The normalized spacial score (nSPS) is 18.7. The van der Waals surface area contributed by atoms with E-state index in [2.05, 4.69) is 5.32 Å². The first-order chi connectivity index (χ1) is 8.68. The Morgan fingerprint density at radius 1 is 1.44 bits per heavy atom. The summed E-state index contributed by atoms with van der Waals surface area (Å²) in [5.74, 6) is 0.577. The first kappa shape index (κ1) is 12.9. The second-order valence-electron chi connectivity index (χ2n) is 4.86. The van der Waals surface area contributed by atoms with E-state index in [-0.39, 0.29) is 5.91 Å². The van der Waals surface area contributed by atoms with Crippen LogP contribution in [0.5, 0.6) is 0 Å². The van der Waals surface area contributed by atoms with Gasteiger partial charge in [0.2, 0.25) is 0 Å². The van der Waals surface area contributed by atoms with Crippen molar-refractivity contribution in [2.75, 3.05) is 39.2 Å². The fourth-order valence-electron chi connectivity index (χ4n) is 2.06. The summed E-state index contributed by atoms with van der Waals surface area (Å²) in [6.07, 6.45) is 1.09. The van der Waals surface area contributed by atoms with E-state index >= 15 is 0 Å². The van der Waals surface area contributed by atoms with E-state index in [1.807, 2.05) is 24.3 Å². The van der Waals surface area contributed by atoms with Crippen molar-refractivity contribution in [3.63, 3.8) is 0 Å². The van der Waals surface area contributed by atoms with Crippen LogP contribution in [-0.4, -0.2) is 44.7 Å². The van der Waals surface area contributed by atoms with Crippen molar-refractivity contribution in [3.05, 3.63) is 29.8 Å². The summed E-state index contributed by atoms with van der Waals surface area (Å²) < 4.78 is 5.35. The molecule has 18 heavy (non-hydrogen) atoms. The third-order valence-electron chi connectivity index (χ3n) is 3.17. The van der Waals surface area contributed by atoms with Crippen LogP contribution in [0.15, 0.2) is 24.3 Å². The summed E-state index contributed by atoms with van der Waals surface area (Å²) in [7, 11) is 3.54. The molecule has 0 spiro atoms. The zero-order valence-electron chi connectivity index (χ0n) is 11.0. The van der Waals surface area contributed by atoms with Gasteiger partial charge in [-0.2, -0.15) is 0 Å². The maximum absolute atomic E-state index is 12.0. The van der Waals surface area contributed by atoms with Crippen LogP contribution in [0.3, 0.4) is 0 Å². The highest BCUT2D eigenvalue weighted by atomic mass is 16.5. The summed E-state index contributed by atoms with van der Waals surface area (Å²) in [5.41, 5.74) is 1.63. The van der Waals surface area contributed by atoms with Crippen LogP contribution in [0.1, 0.15) is 16.8 Å². The maximum atomic E-state index is 12.0.